The highest BCUT2D eigenvalue weighted by Gasteiger charge is 2.16. The molecule has 1 aliphatic rings. The fraction of sp³-hybridized carbons (Fsp3) is 0.333. The zero-order valence-corrected chi connectivity index (χ0v) is 14.5. The van der Waals surface area contributed by atoms with Crippen LogP contribution in [0.5, 0.6) is 0 Å². The molecular formula is C21H23NO3. The molecule has 0 saturated heterocycles. The molecule has 4 nitrogen and oxygen atoms in total. The zero-order valence-electron chi connectivity index (χ0n) is 14.5. The first-order chi connectivity index (χ1) is 12.1. The summed E-state index contributed by atoms with van der Waals surface area (Å²) in [5.41, 5.74) is 4.07. The van der Waals surface area contributed by atoms with Crippen molar-refractivity contribution in [3.05, 3.63) is 70.8 Å². The lowest BCUT2D eigenvalue weighted by atomic mass is 9.90. The third-order valence-electron chi connectivity index (χ3n) is 4.60. The highest BCUT2D eigenvalue weighted by Crippen LogP contribution is 2.22. The number of carbonyl (C=O) groups is 2. The van der Waals surface area contributed by atoms with Gasteiger partial charge in [-0.2, -0.15) is 0 Å². The molecule has 0 fully saturated rings. The highest BCUT2D eigenvalue weighted by atomic mass is 16.5. The van der Waals surface area contributed by atoms with Gasteiger partial charge in [0.25, 0.3) is 5.91 Å². The maximum Gasteiger partial charge on any atom is 0.338 e. The molecule has 0 spiro atoms. The van der Waals surface area contributed by atoms with E-state index in [-0.39, 0.29) is 18.6 Å². The van der Waals surface area contributed by atoms with Crippen molar-refractivity contribution >= 4 is 11.9 Å². The Balaban J connectivity index is 1.52. The summed E-state index contributed by atoms with van der Waals surface area (Å²) < 4.78 is 5.17. The van der Waals surface area contributed by atoms with E-state index in [2.05, 4.69) is 5.32 Å². The Morgan fingerprint density at radius 1 is 1.04 bits per heavy atom. The van der Waals surface area contributed by atoms with Gasteiger partial charge in [0, 0.05) is 0 Å². The fourth-order valence-corrected chi connectivity index (χ4v) is 3.18. The van der Waals surface area contributed by atoms with E-state index in [4.69, 9.17) is 4.74 Å². The standard InChI is InChI=1S/C21H23NO3/c1-15(16-7-3-2-4-8-16)22-20(23)14-25-21(24)19-12-11-17-9-5-6-10-18(17)13-19/h2-4,7-8,11-13,15H,5-6,9-10,14H2,1H3,(H,22,23)/t15-/m1/s1. The summed E-state index contributed by atoms with van der Waals surface area (Å²) in [5.74, 6) is -0.751. The van der Waals surface area contributed by atoms with Crippen molar-refractivity contribution in [2.24, 2.45) is 0 Å². The van der Waals surface area contributed by atoms with Gasteiger partial charge < -0.3 is 10.1 Å². The van der Waals surface area contributed by atoms with Crippen LogP contribution < -0.4 is 5.32 Å². The van der Waals surface area contributed by atoms with Crippen LogP contribution in [0.2, 0.25) is 0 Å². The average molecular weight is 337 g/mol. The van der Waals surface area contributed by atoms with Crippen molar-refractivity contribution in [2.45, 2.75) is 38.6 Å². The topological polar surface area (TPSA) is 55.4 Å². The van der Waals surface area contributed by atoms with Gasteiger partial charge in [-0.1, -0.05) is 36.4 Å². The molecule has 1 N–H and O–H groups in total. The van der Waals surface area contributed by atoms with Gasteiger partial charge in [0.2, 0.25) is 0 Å². The largest absolute Gasteiger partial charge is 0.452 e. The second-order valence-corrected chi connectivity index (χ2v) is 6.47. The number of benzene rings is 2. The van der Waals surface area contributed by atoms with Gasteiger partial charge in [0.15, 0.2) is 6.61 Å². The van der Waals surface area contributed by atoms with Crippen LogP contribution in [0.15, 0.2) is 48.5 Å². The SMILES string of the molecule is C[C@@H](NC(=O)COC(=O)c1ccc2c(c1)CCCC2)c1ccccc1. The van der Waals surface area contributed by atoms with Crippen LogP contribution in [0.25, 0.3) is 0 Å². The quantitative estimate of drug-likeness (QED) is 0.848. The second kappa shape index (κ2) is 7.97. The normalized spacial score (nSPS) is 14.3. The number of fused-ring (bicyclic) bond motifs is 1. The molecule has 0 saturated carbocycles. The Bertz CT molecular complexity index is 755. The third-order valence-corrected chi connectivity index (χ3v) is 4.60. The minimum atomic E-state index is -0.448. The van der Waals surface area contributed by atoms with Crippen LogP contribution in [0.3, 0.4) is 0 Å². The molecule has 1 amide bonds. The molecule has 2 aromatic carbocycles. The van der Waals surface area contributed by atoms with E-state index in [1.54, 1.807) is 6.07 Å². The van der Waals surface area contributed by atoms with Crippen molar-refractivity contribution in [2.75, 3.05) is 6.61 Å². The Morgan fingerprint density at radius 3 is 2.52 bits per heavy atom. The molecule has 1 aliphatic carbocycles. The summed E-state index contributed by atoms with van der Waals surface area (Å²) in [6.07, 6.45) is 4.44. The van der Waals surface area contributed by atoms with Crippen molar-refractivity contribution in [1.82, 2.24) is 5.32 Å². The van der Waals surface area contributed by atoms with E-state index in [1.807, 2.05) is 49.4 Å². The number of hydrogen-bond donors (Lipinski definition) is 1. The van der Waals surface area contributed by atoms with Crippen LogP contribution in [-0.4, -0.2) is 18.5 Å². The molecule has 0 unspecified atom stereocenters. The molecule has 130 valence electrons. The smallest absolute Gasteiger partial charge is 0.338 e. The van der Waals surface area contributed by atoms with Crippen LogP contribution in [0.4, 0.5) is 0 Å². The van der Waals surface area contributed by atoms with Gasteiger partial charge in [0.05, 0.1) is 11.6 Å². The number of amides is 1. The number of hydrogen-bond acceptors (Lipinski definition) is 3. The summed E-state index contributed by atoms with van der Waals surface area (Å²) in [7, 11) is 0. The van der Waals surface area contributed by atoms with E-state index in [9.17, 15) is 9.59 Å². The molecule has 0 radical (unpaired) electrons. The molecule has 0 bridgehead atoms. The van der Waals surface area contributed by atoms with Crippen LogP contribution >= 0.6 is 0 Å². The lowest BCUT2D eigenvalue weighted by Crippen LogP contribution is -2.31. The fourth-order valence-electron chi connectivity index (χ4n) is 3.18. The predicted molar refractivity (Wildman–Crippen MR) is 96.4 cm³/mol. The summed E-state index contributed by atoms with van der Waals surface area (Å²) in [6, 6.07) is 15.2. The van der Waals surface area contributed by atoms with Crippen LogP contribution in [0.1, 0.15) is 52.9 Å². The van der Waals surface area contributed by atoms with Crippen molar-refractivity contribution < 1.29 is 14.3 Å². The summed E-state index contributed by atoms with van der Waals surface area (Å²) in [4.78, 5) is 24.2. The van der Waals surface area contributed by atoms with Gasteiger partial charge in [-0.15, -0.1) is 0 Å². The van der Waals surface area contributed by atoms with Gasteiger partial charge in [0.1, 0.15) is 0 Å². The highest BCUT2D eigenvalue weighted by molar-refractivity contribution is 5.91. The number of nitrogens with one attached hydrogen (secondary N) is 1. The van der Waals surface area contributed by atoms with Gasteiger partial charge in [-0.3, -0.25) is 4.79 Å². The summed E-state index contributed by atoms with van der Waals surface area (Å²) in [6.45, 7) is 1.63. The maximum atomic E-state index is 12.2. The van der Waals surface area contributed by atoms with Crippen molar-refractivity contribution in [3.63, 3.8) is 0 Å². The first-order valence-corrected chi connectivity index (χ1v) is 8.77. The Labute approximate surface area is 148 Å². The number of aryl methyl sites for hydroxylation is 2. The molecule has 1 atom stereocenters. The molecule has 2 aromatic rings. The van der Waals surface area contributed by atoms with E-state index < -0.39 is 5.97 Å². The van der Waals surface area contributed by atoms with Crippen LogP contribution in [0, 0.1) is 0 Å². The average Bonchev–Trinajstić information content (AvgIpc) is 2.66. The zero-order chi connectivity index (χ0) is 17.6. The second-order valence-electron chi connectivity index (χ2n) is 6.47. The lowest BCUT2D eigenvalue weighted by molar-refractivity contribution is -0.124. The van der Waals surface area contributed by atoms with Gasteiger partial charge in [-0.25, -0.2) is 4.79 Å². The van der Waals surface area contributed by atoms with Crippen molar-refractivity contribution in [3.8, 4) is 0 Å². The van der Waals surface area contributed by atoms with E-state index >= 15 is 0 Å². The molecule has 0 aromatic heterocycles. The molecule has 4 heteroatoms. The summed E-state index contributed by atoms with van der Waals surface area (Å²) in [5, 5.41) is 2.84. The monoisotopic (exact) mass is 337 g/mol. The predicted octanol–water partition coefficient (Wildman–Crippen LogP) is 3.60. The van der Waals surface area contributed by atoms with Crippen molar-refractivity contribution in [1.29, 1.82) is 0 Å². The lowest BCUT2D eigenvalue weighted by Gasteiger charge is -2.16. The molecule has 3 rings (SSSR count). The van der Waals surface area contributed by atoms with Gasteiger partial charge in [-0.05, 0) is 61.4 Å². The number of ether oxygens (including phenoxy) is 1. The molecule has 0 aliphatic heterocycles. The van der Waals surface area contributed by atoms with E-state index in [0.717, 1.165) is 24.8 Å². The maximum absolute atomic E-state index is 12.2. The minimum Gasteiger partial charge on any atom is -0.452 e. The Hall–Kier alpha value is -2.62. The summed E-state index contributed by atoms with van der Waals surface area (Å²) >= 11 is 0. The third kappa shape index (κ3) is 4.47. The first-order valence-electron chi connectivity index (χ1n) is 8.77. The number of carbonyl (C=O) groups excluding carboxylic acids is 2. The Morgan fingerprint density at radius 2 is 1.76 bits per heavy atom. The Kier molecular flexibility index (Phi) is 5.49. The first kappa shape index (κ1) is 17.2. The molecule has 25 heavy (non-hydrogen) atoms. The molecule has 0 heterocycles. The van der Waals surface area contributed by atoms with E-state index in [0.29, 0.717) is 5.56 Å². The van der Waals surface area contributed by atoms with Crippen LogP contribution in [-0.2, 0) is 22.4 Å². The van der Waals surface area contributed by atoms with E-state index in [1.165, 1.54) is 17.5 Å². The number of esters is 1. The molecular weight excluding hydrogens is 314 g/mol. The number of rotatable bonds is 5. The minimum absolute atomic E-state index is 0.129. The van der Waals surface area contributed by atoms with Gasteiger partial charge >= 0.3 is 5.97 Å².